The molecule has 1 aromatic rings. The van der Waals surface area contributed by atoms with Crippen molar-refractivity contribution in [2.45, 2.75) is 58.3 Å². The first kappa shape index (κ1) is 20.9. The Hall–Kier alpha value is -1.06. The molecule has 0 atom stereocenters. The van der Waals surface area contributed by atoms with Gasteiger partial charge in [0.15, 0.2) is 0 Å². The lowest BCUT2D eigenvalue weighted by Crippen LogP contribution is -2.25. The zero-order valence-corrected chi connectivity index (χ0v) is 15.0. The summed E-state index contributed by atoms with van der Waals surface area (Å²) in [5.41, 5.74) is 8.31. The van der Waals surface area contributed by atoms with Crippen molar-refractivity contribution < 1.29 is 4.79 Å². The van der Waals surface area contributed by atoms with Crippen LogP contribution in [0.4, 0.5) is 0 Å². The van der Waals surface area contributed by atoms with Crippen molar-refractivity contribution in [2.24, 2.45) is 5.73 Å². The fraction of sp³-hybridized carbons (Fsp3) is 0.611. The molecule has 126 valence electrons. The van der Waals surface area contributed by atoms with E-state index in [0.29, 0.717) is 19.5 Å². The standard InChI is InChI=1S/C18H30N2O.ClH/c1-18(2,3)16-11-9-15(10-12-16)7-4-5-8-17(21)20-14-6-13-19;/h9-12H,4-8,13-14,19H2,1-3H3,(H,20,21);1H. The molecule has 0 unspecified atom stereocenters. The van der Waals surface area contributed by atoms with E-state index in [-0.39, 0.29) is 23.7 Å². The Bertz CT molecular complexity index is 424. The maximum absolute atomic E-state index is 11.5. The Morgan fingerprint density at radius 2 is 1.73 bits per heavy atom. The highest BCUT2D eigenvalue weighted by Crippen LogP contribution is 2.22. The molecule has 1 amide bonds. The van der Waals surface area contributed by atoms with Crippen molar-refractivity contribution in [1.29, 1.82) is 0 Å². The molecule has 0 heterocycles. The van der Waals surface area contributed by atoms with Gasteiger partial charge in [-0.25, -0.2) is 0 Å². The lowest BCUT2D eigenvalue weighted by atomic mass is 9.86. The molecule has 0 aliphatic heterocycles. The van der Waals surface area contributed by atoms with Gasteiger partial charge in [0.2, 0.25) is 5.91 Å². The third kappa shape index (κ3) is 8.40. The highest BCUT2D eigenvalue weighted by Gasteiger charge is 2.12. The van der Waals surface area contributed by atoms with Gasteiger partial charge in [-0.1, -0.05) is 45.0 Å². The molecule has 0 spiro atoms. The first-order chi connectivity index (χ1) is 9.93. The average Bonchev–Trinajstić information content (AvgIpc) is 2.43. The highest BCUT2D eigenvalue weighted by atomic mass is 35.5. The first-order valence-corrected chi connectivity index (χ1v) is 7.99. The van der Waals surface area contributed by atoms with E-state index < -0.39 is 0 Å². The SMILES string of the molecule is CC(C)(C)c1ccc(CCCCC(=O)NCCCN)cc1.Cl. The minimum absolute atomic E-state index is 0. The van der Waals surface area contributed by atoms with Crippen molar-refractivity contribution >= 4 is 18.3 Å². The third-order valence-corrected chi connectivity index (χ3v) is 3.64. The molecule has 0 saturated carbocycles. The average molecular weight is 327 g/mol. The highest BCUT2D eigenvalue weighted by molar-refractivity contribution is 5.85. The molecule has 0 radical (unpaired) electrons. The quantitative estimate of drug-likeness (QED) is 0.717. The molecular formula is C18H31ClN2O. The maximum Gasteiger partial charge on any atom is 0.219 e. The summed E-state index contributed by atoms with van der Waals surface area (Å²) in [6.07, 6.45) is 4.51. The number of hydrogen-bond acceptors (Lipinski definition) is 2. The van der Waals surface area contributed by atoms with Gasteiger partial charge in [-0.3, -0.25) is 4.79 Å². The lowest BCUT2D eigenvalue weighted by molar-refractivity contribution is -0.121. The van der Waals surface area contributed by atoms with Crippen molar-refractivity contribution in [3.63, 3.8) is 0 Å². The number of rotatable bonds is 8. The lowest BCUT2D eigenvalue weighted by Gasteiger charge is -2.19. The Labute approximate surface area is 141 Å². The fourth-order valence-corrected chi connectivity index (χ4v) is 2.20. The summed E-state index contributed by atoms with van der Waals surface area (Å²) in [6.45, 7) is 8.01. The van der Waals surface area contributed by atoms with Crippen LogP contribution in [0, 0.1) is 0 Å². The van der Waals surface area contributed by atoms with Crippen LogP contribution in [0.25, 0.3) is 0 Å². The van der Waals surface area contributed by atoms with Gasteiger partial charge in [0.25, 0.3) is 0 Å². The topological polar surface area (TPSA) is 55.1 Å². The predicted octanol–water partition coefficient (Wildman–Crippen LogP) is 3.58. The molecule has 3 nitrogen and oxygen atoms in total. The second-order valence-electron chi connectivity index (χ2n) is 6.65. The Kier molecular flexibility index (Phi) is 10.1. The van der Waals surface area contributed by atoms with Crippen molar-refractivity contribution in [3.05, 3.63) is 35.4 Å². The van der Waals surface area contributed by atoms with E-state index in [0.717, 1.165) is 25.7 Å². The second kappa shape index (κ2) is 10.6. The zero-order valence-electron chi connectivity index (χ0n) is 14.2. The number of benzene rings is 1. The smallest absolute Gasteiger partial charge is 0.219 e. The Balaban J connectivity index is 0.00000441. The molecule has 4 heteroatoms. The molecule has 3 N–H and O–H groups in total. The summed E-state index contributed by atoms with van der Waals surface area (Å²) in [7, 11) is 0. The van der Waals surface area contributed by atoms with Crippen LogP contribution in [0.15, 0.2) is 24.3 Å². The van der Waals surface area contributed by atoms with E-state index in [9.17, 15) is 4.79 Å². The van der Waals surface area contributed by atoms with E-state index in [1.165, 1.54) is 11.1 Å². The van der Waals surface area contributed by atoms with Gasteiger partial charge in [-0.05, 0) is 48.8 Å². The molecule has 0 aliphatic rings. The van der Waals surface area contributed by atoms with Gasteiger partial charge in [0, 0.05) is 13.0 Å². The molecule has 0 bridgehead atoms. The summed E-state index contributed by atoms with van der Waals surface area (Å²) in [5, 5.41) is 2.89. The maximum atomic E-state index is 11.5. The number of nitrogens with two attached hydrogens (primary N) is 1. The van der Waals surface area contributed by atoms with Crippen LogP contribution in [-0.2, 0) is 16.6 Å². The van der Waals surface area contributed by atoms with Gasteiger partial charge in [-0.2, -0.15) is 0 Å². The number of halogens is 1. The fourth-order valence-electron chi connectivity index (χ4n) is 2.20. The number of hydrogen-bond donors (Lipinski definition) is 2. The minimum atomic E-state index is 0. The summed E-state index contributed by atoms with van der Waals surface area (Å²) in [6, 6.07) is 8.85. The molecule has 0 saturated heterocycles. The van der Waals surface area contributed by atoms with Crippen LogP contribution in [0.2, 0.25) is 0 Å². The van der Waals surface area contributed by atoms with Crippen LogP contribution in [0.1, 0.15) is 57.6 Å². The molecular weight excluding hydrogens is 296 g/mol. The third-order valence-electron chi connectivity index (χ3n) is 3.64. The molecule has 0 aromatic heterocycles. The van der Waals surface area contributed by atoms with Crippen molar-refractivity contribution in [1.82, 2.24) is 5.32 Å². The van der Waals surface area contributed by atoms with Gasteiger partial charge >= 0.3 is 0 Å². The molecule has 1 aromatic carbocycles. The van der Waals surface area contributed by atoms with Gasteiger partial charge in [0.1, 0.15) is 0 Å². The normalized spacial score (nSPS) is 10.9. The summed E-state index contributed by atoms with van der Waals surface area (Å²) < 4.78 is 0. The molecule has 1 rings (SSSR count). The summed E-state index contributed by atoms with van der Waals surface area (Å²) >= 11 is 0. The van der Waals surface area contributed by atoms with Crippen LogP contribution in [0.3, 0.4) is 0 Å². The van der Waals surface area contributed by atoms with E-state index in [1.807, 2.05) is 0 Å². The summed E-state index contributed by atoms with van der Waals surface area (Å²) in [5.74, 6) is 0.145. The first-order valence-electron chi connectivity index (χ1n) is 7.99. The molecule has 0 fully saturated rings. The predicted molar refractivity (Wildman–Crippen MR) is 96.6 cm³/mol. The van der Waals surface area contributed by atoms with Crippen LogP contribution < -0.4 is 11.1 Å². The number of aryl methyl sites for hydroxylation is 1. The van der Waals surface area contributed by atoms with Crippen LogP contribution >= 0.6 is 12.4 Å². The van der Waals surface area contributed by atoms with Crippen LogP contribution in [0.5, 0.6) is 0 Å². The molecule has 22 heavy (non-hydrogen) atoms. The van der Waals surface area contributed by atoms with Crippen molar-refractivity contribution in [3.8, 4) is 0 Å². The van der Waals surface area contributed by atoms with E-state index in [4.69, 9.17) is 5.73 Å². The summed E-state index contributed by atoms with van der Waals surface area (Å²) in [4.78, 5) is 11.5. The van der Waals surface area contributed by atoms with E-state index in [2.05, 4.69) is 50.4 Å². The van der Waals surface area contributed by atoms with Gasteiger partial charge in [0.05, 0.1) is 0 Å². The van der Waals surface area contributed by atoms with E-state index >= 15 is 0 Å². The number of nitrogens with one attached hydrogen (secondary N) is 1. The Morgan fingerprint density at radius 1 is 1.09 bits per heavy atom. The monoisotopic (exact) mass is 326 g/mol. The largest absolute Gasteiger partial charge is 0.356 e. The van der Waals surface area contributed by atoms with Crippen molar-refractivity contribution in [2.75, 3.05) is 13.1 Å². The van der Waals surface area contributed by atoms with Gasteiger partial charge in [-0.15, -0.1) is 12.4 Å². The van der Waals surface area contributed by atoms with E-state index in [1.54, 1.807) is 0 Å². The zero-order chi connectivity index (χ0) is 15.7. The van der Waals surface area contributed by atoms with Crippen LogP contribution in [-0.4, -0.2) is 19.0 Å². The second-order valence-corrected chi connectivity index (χ2v) is 6.65. The minimum Gasteiger partial charge on any atom is -0.356 e. The van der Waals surface area contributed by atoms with Gasteiger partial charge < -0.3 is 11.1 Å². The molecule has 0 aliphatic carbocycles. The number of carbonyl (C=O) groups excluding carboxylic acids is 1. The number of carbonyl (C=O) groups is 1. The Morgan fingerprint density at radius 3 is 2.27 bits per heavy atom. The number of amides is 1. The number of unbranched alkanes of at least 4 members (excludes halogenated alkanes) is 1.